The van der Waals surface area contributed by atoms with E-state index in [1.54, 1.807) is 0 Å². The van der Waals surface area contributed by atoms with Gasteiger partial charge in [-0.05, 0) is 101 Å². The number of nitrogens with zero attached hydrogens (tertiary/aromatic N) is 2. The molecule has 11 rings (SSSR count). The Labute approximate surface area is 316 Å². The Kier molecular flexibility index (Phi) is 7.04. The number of para-hydroxylation sites is 2. The van der Waals surface area contributed by atoms with Gasteiger partial charge in [-0.25, -0.2) is 0 Å². The van der Waals surface area contributed by atoms with Crippen LogP contribution in [0.25, 0.3) is 63.7 Å². The number of fused-ring (bicyclic) bond motifs is 9. The minimum atomic E-state index is 0.908. The molecule has 0 saturated carbocycles. The van der Waals surface area contributed by atoms with Crippen LogP contribution < -0.4 is 9.80 Å². The minimum absolute atomic E-state index is 0.908. The zero-order chi connectivity index (χ0) is 35.6. The Morgan fingerprint density at radius 1 is 0.333 bits per heavy atom. The van der Waals surface area contributed by atoms with Crippen LogP contribution in [0.2, 0.25) is 0 Å². The lowest BCUT2D eigenvalue weighted by Gasteiger charge is -2.30. The van der Waals surface area contributed by atoms with Crippen molar-refractivity contribution < 1.29 is 4.42 Å². The van der Waals surface area contributed by atoms with E-state index in [1.807, 2.05) is 23.5 Å². The molecule has 0 bridgehead atoms. The summed E-state index contributed by atoms with van der Waals surface area (Å²) in [4.78, 5) is 4.78. The first kappa shape index (κ1) is 30.7. The second kappa shape index (κ2) is 12.4. The summed E-state index contributed by atoms with van der Waals surface area (Å²) in [5, 5.41) is 9.60. The van der Waals surface area contributed by atoms with Crippen molar-refractivity contribution in [3.05, 3.63) is 194 Å². The second-order valence-corrected chi connectivity index (χ2v) is 14.8. The molecule has 11 aromatic rings. The third-order valence-electron chi connectivity index (χ3n) is 10.6. The van der Waals surface area contributed by atoms with Crippen LogP contribution in [0, 0.1) is 0 Å². The highest BCUT2D eigenvalue weighted by atomic mass is 32.1. The van der Waals surface area contributed by atoms with E-state index in [0.717, 1.165) is 61.4 Å². The summed E-state index contributed by atoms with van der Waals surface area (Å²) in [5.41, 5.74) is 8.40. The largest absolute Gasteiger partial charge is 0.456 e. The Bertz CT molecular complexity index is 3190. The Hall–Kier alpha value is -6.88. The van der Waals surface area contributed by atoms with E-state index in [0.29, 0.717) is 0 Å². The highest BCUT2D eigenvalue weighted by molar-refractivity contribution is 7.25. The predicted octanol–water partition coefficient (Wildman–Crippen LogP) is 15.2. The molecular weight excluding hydrogens is 677 g/mol. The van der Waals surface area contributed by atoms with Crippen LogP contribution in [0.1, 0.15) is 0 Å². The summed E-state index contributed by atoms with van der Waals surface area (Å²) >= 11 is 1.85. The SMILES string of the molecule is c1ccc(N(c2cccc(N(c3ccc4c(ccc5oc6ccccc6c54)c3)c3ccc4sc5ccccc5c4c3)c2)c2cccc3ccccc23)cc1. The monoisotopic (exact) mass is 708 g/mol. The lowest BCUT2D eigenvalue weighted by molar-refractivity contribution is 0.669. The highest BCUT2D eigenvalue weighted by Gasteiger charge is 2.20. The number of benzene rings is 9. The number of hydrogen-bond donors (Lipinski definition) is 0. The van der Waals surface area contributed by atoms with Gasteiger partial charge in [-0.3, -0.25) is 0 Å². The van der Waals surface area contributed by atoms with Crippen LogP contribution in [0.15, 0.2) is 199 Å². The third-order valence-corrected chi connectivity index (χ3v) is 11.7. The predicted molar refractivity (Wildman–Crippen MR) is 231 cm³/mol. The van der Waals surface area contributed by atoms with E-state index >= 15 is 0 Å². The molecule has 0 unspecified atom stereocenters. The molecule has 54 heavy (non-hydrogen) atoms. The van der Waals surface area contributed by atoms with Crippen molar-refractivity contribution in [2.24, 2.45) is 0 Å². The number of furan rings is 1. The molecule has 0 amide bonds. The molecule has 0 atom stereocenters. The molecule has 2 heterocycles. The van der Waals surface area contributed by atoms with E-state index in [4.69, 9.17) is 4.42 Å². The van der Waals surface area contributed by atoms with Gasteiger partial charge in [-0.1, -0.05) is 109 Å². The zero-order valence-corrected chi connectivity index (χ0v) is 30.0. The number of anilines is 6. The fourth-order valence-corrected chi connectivity index (χ4v) is 9.25. The van der Waals surface area contributed by atoms with Gasteiger partial charge in [0.2, 0.25) is 0 Å². The van der Waals surface area contributed by atoms with Gasteiger partial charge in [0.05, 0.1) is 5.69 Å². The lowest BCUT2D eigenvalue weighted by atomic mass is 10.0. The average Bonchev–Trinajstić information content (AvgIpc) is 3.80. The molecule has 0 spiro atoms. The van der Waals surface area contributed by atoms with Crippen LogP contribution in [0.3, 0.4) is 0 Å². The molecule has 0 aliphatic carbocycles. The fraction of sp³-hybridized carbons (Fsp3) is 0. The summed E-state index contributed by atoms with van der Waals surface area (Å²) < 4.78 is 8.85. The minimum Gasteiger partial charge on any atom is -0.456 e. The molecule has 0 aliphatic heterocycles. The molecule has 0 saturated heterocycles. The van der Waals surface area contributed by atoms with Gasteiger partial charge in [0.25, 0.3) is 0 Å². The summed E-state index contributed by atoms with van der Waals surface area (Å²) in [6, 6.07) is 69.9. The topological polar surface area (TPSA) is 19.6 Å². The van der Waals surface area contributed by atoms with Crippen molar-refractivity contribution >= 4 is 109 Å². The smallest absolute Gasteiger partial charge is 0.136 e. The standard InChI is InChI=1S/C50H32N2OS/c1-2-14-35(15-3-1)52(45-21-10-13-33-12-4-5-18-40(33)45)37-17-11-16-36(31-37)51(39-26-29-49-44(32-39)42-19-7-9-23-48(42)54-49)38-25-27-41-34(30-38)24-28-47-50(41)43-20-6-8-22-46(43)53-47/h1-32H. The summed E-state index contributed by atoms with van der Waals surface area (Å²) in [6.45, 7) is 0. The molecule has 254 valence electrons. The van der Waals surface area contributed by atoms with Crippen LogP contribution in [0.4, 0.5) is 34.1 Å². The van der Waals surface area contributed by atoms with Gasteiger partial charge in [0, 0.05) is 64.8 Å². The zero-order valence-electron chi connectivity index (χ0n) is 29.2. The van der Waals surface area contributed by atoms with E-state index < -0.39 is 0 Å². The van der Waals surface area contributed by atoms with Gasteiger partial charge in [-0.2, -0.15) is 0 Å². The molecule has 0 radical (unpaired) electrons. The summed E-state index contributed by atoms with van der Waals surface area (Å²) in [7, 11) is 0. The Morgan fingerprint density at radius 3 is 1.89 bits per heavy atom. The third kappa shape index (κ3) is 4.96. The quantitative estimate of drug-likeness (QED) is 0.171. The normalized spacial score (nSPS) is 11.7. The Balaban J connectivity index is 1.14. The maximum absolute atomic E-state index is 6.27. The maximum atomic E-state index is 6.27. The van der Waals surface area contributed by atoms with Crippen LogP contribution in [-0.4, -0.2) is 0 Å². The first-order chi connectivity index (χ1) is 26.8. The van der Waals surface area contributed by atoms with Crippen LogP contribution in [0.5, 0.6) is 0 Å². The number of rotatable bonds is 6. The molecular formula is C50H32N2OS. The fourth-order valence-electron chi connectivity index (χ4n) is 8.16. The maximum Gasteiger partial charge on any atom is 0.136 e. The first-order valence-corrected chi connectivity index (χ1v) is 19.1. The van der Waals surface area contributed by atoms with Crippen molar-refractivity contribution in [3.8, 4) is 0 Å². The van der Waals surface area contributed by atoms with Crippen molar-refractivity contribution in [2.45, 2.75) is 0 Å². The molecule has 0 aliphatic rings. The van der Waals surface area contributed by atoms with Crippen LogP contribution >= 0.6 is 11.3 Å². The van der Waals surface area contributed by atoms with Crippen molar-refractivity contribution in [2.75, 3.05) is 9.80 Å². The lowest BCUT2D eigenvalue weighted by Crippen LogP contribution is -2.13. The molecule has 2 aromatic heterocycles. The van der Waals surface area contributed by atoms with E-state index in [2.05, 4.69) is 192 Å². The molecule has 3 nitrogen and oxygen atoms in total. The van der Waals surface area contributed by atoms with Crippen molar-refractivity contribution in [1.82, 2.24) is 0 Å². The second-order valence-electron chi connectivity index (χ2n) is 13.7. The van der Waals surface area contributed by atoms with Gasteiger partial charge in [0.1, 0.15) is 11.2 Å². The summed E-state index contributed by atoms with van der Waals surface area (Å²) in [6.07, 6.45) is 0. The van der Waals surface area contributed by atoms with Crippen molar-refractivity contribution in [1.29, 1.82) is 0 Å². The average molecular weight is 709 g/mol. The molecule has 0 fully saturated rings. The van der Waals surface area contributed by atoms with Gasteiger partial charge in [0.15, 0.2) is 0 Å². The number of thiophene rings is 1. The molecule has 0 N–H and O–H groups in total. The summed E-state index contributed by atoms with van der Waals surface area (Å²) in [5.74, 6) is 0. The first-order valence-electron chi connectivity index (χ1n) is 18.3. The van der Waals surface area contributed by atoms with Gasteiger partial charge in [-0.15, -0.1) is 11.3 Å². The number of hydrogen-bond acceptors (Lipinski definition) is 4. The highest BCUT2D eigenvalue weighted by Crippen LogP contribution is 2.45. The van der Waals surface area contributed by atoms with Crippen LogP contribution in [-0.2, 0) is 0 Å². The van der Waals surface area contributed by atoms with Gasteiger partial charge >= 0.3 is 0 Å². The van der Waals surface area contributed by atoms with E-state index in [-0.39, 0.29) is 0 Å². The van der Waals surface area contributed by atoms with E-state index in [9.17, 15) is 0 Å². The molecule has 9 aromatic carbocycles. The van der Waals surface area contributed by atoms with Gasteiger partial charge < -0.3 is 14.2 Å². The Morgan fingerprint density at radius 2 is 0.981 bits per heavy atom. The van der Waals surface area contributed by atoms with Crippen molar-refractivity contribution in [3.63, 3.8) is 0 Å². The van der Waals surface area contributed by atoms with E-state index in [1.165, 1.54) is 36.3 Å². The molecule has 4 heteroatoms.